The Morgan fingerprint density at radius 3 is 2.66 bits per heavy atom. The number of aromatic amines is 1. The zero-order valence-corrected chi connectivity index (χ0v) is 15.9. The summed E-state index contributed by atoms with van der Waals surface area (Å²) in [6.45, 7) is 1.55. The third-order valence-corrected chi connectivity index (χ3v) is 5.32. The SMILES string of the molecule is CN1CCC(Nc2cccc(C(=O)O)c2F)(c2nc(-c3ccncc3)n[nH]2)CC1. The number of carboxylic acids is 1. The summed E-state index contributed by atoms with van der Waals surface area (Å²) in [5.41, 5.74) is -0.1000. The van der Waals surface area contributed by atoms with Crippen molar-refractivity contribution in [1.29, 1.82) is 0 Å². The maximum absolute atomic E-state index is 14.8. The topological polar surface area (TPSA) is 107 Å². The molecule has 3 heterocycles. The molecule has 3 N–H and O–H groups in total. The van der Waals surface area contributed by atoms with Gasteiger partial charge in [0, 0.05) is 31.0 Å². The summed E-state index contributed by atoms with van der Waals surface area (Å²) in [5.74, 6) is -0.963. The van der Waals surface area contributed by atoms with E-state index >= 15 is 0 Å². The lowest BCUT2D eigenvalue weighted by Crippen LogP contribution is -2.47. The first-order valence-corrected chi connectivity index (χ1v) is 9.30. The molecule has 1 aliphatic heterocycles. The Morgan fingerprint density at radius 2 is 1.97 bits per heavy atom. The van der Waals surface area contributed by atoms with Crippen LogP contribution in [0, 0.1) is 5.82 Å². The molecule has 1 aliphatic rings. The minimum atomic E-state index is -1.30. The van der Waals surface area contributed by atoms with Crippen LogP contribution in [0.4, 0.5) is 10.1 Å². The van der Waals surface area contributed by atoms with Crippen molar-refractivity contribution in [2.45, 2.75) is 18.4 Å². The maximum atomic E-state index is 14.8. The van der Waals surface area contributed by atoms with Gasteiger partial charge >= 0.3 is 5.97 Å². The first-order chi connectivity index (χ1) is 14.0. The molecule has 1 fully saturated rings. The van der Waals surface area contributed by atoms with Gasteiger partial charge in [0.05, 0.1) is 16.8 Å². The van der Waals surface area contributed by atoms with Crippen LogP contribution in [-0.2, 0) is 5.54 Å². The van der Waals surface area contributed by atoms with E-state index in [4.69, 9.17) is 0 Å². The van der Waals surface area contributed by atoms with Gasteiger partial charge in [-0.1, -0.05) is 6.07 Å². The number of aromatic nitrogens is 4. The molecule has 0 saturated carbocycles. The maximum Gasteiger partial charge on any atom is 0.338 e. The van der Waals surface area contributed by atoms with Gasteiger partial charge < -0.3 is 15.3 Å². The van der Waals surface area contributed by atoms with Crippen molar-refractivity contribution in [3.8, 4) is 11.4 Å². The number of nitrogens with zero attached hydrogens (tertiary/aromatic N) is 4. The number of rotatable bonds is 5. The molecule has 0 atom stereocenters. The molecule has 0 bridgehead atoms. The fourth-order valence-corrected chi connectivity index (χ4v) is 3.58. The molecule has 1 aromatic carbocycles. The number of benzene rings is 1. The number of anilines is 1. The quantitative estimate of drug-likeness (QED) is 0.609. The van der Waals surface area contributed by atoms with Crippen molar-refractivity contribution in [3.05, 3.63) is 59.9 Å². The van der Waals surface area contributed by atoms with Gasteiger partial charge in [-0.15, -0.1) is 0 Å². The highest BCUT2D eigenvalue weighted by Gasteiger charge is 2.39. The summed E-state index contributed by atoms with van der Waals surface area (Å²) in [7, 11) is 2.03. The van der Waals surface area contributed by atoms with Gasteiger partial charge in [0.1, 0.15) is 0 Å². The first-order valence-electron chi connectivity index (χ1n) is 9.30. The predicted octanol–water partition coefficient (Wildman–Crippen LogP) is 2.74. The van der Waals surface area contributed by atoms with Crippen LogP contribution < -0.4 is 5.32 Å². The van der Waals surface area contributed by atoms with Crippen molar-refractivity contribution in [1.82, 2.24) is 25.1 Å². The fourth-order valence-electron chi connectivity index (χ4n) is 3.58. The van der Waals surface area contributed by atoms with Gasteiger partial charge in [-0.05, 0) is 44.2 Å². The standard InChI is InChI=1S/C20H21FN6O2/c1-27-11-7-20(8-12-27,24-15-4-2-3-14(16(15)21)18(28)29)19-23-17(25-26-19)13-5-9-22-10-6-13/h2-6,9-10,24H,7-8,11-12H2,1H3,(H,28,29)(H,23,25,26). The number of likely N-dealkylation sites (tertiary alicyclic amines) is 1. The summed E-state index contributed by atoms with van der Waals surface area (Å²) in [4.78, 5) is 22.2. The van der Waals surface area contributed by atoms with E-state index in [1.54, 1.807) is 18.5 Å². The van der Waals surface area contributed by atoms with E-state index in [1.807, 2.05) is 19.2 Å². The predicted molar refractivity (Wildman–Crippen MR) is 105 cm³/mol. The lowest BCUT2D eigenvalue weighted by atomic mass is 9.86. The second-order valence-electron chi connectivity index (χ2n) is 7.23. The molecule has 1 saturated heterocycles. The zero-order chi connectivity index (χ0) is 20.4. The number of pyridine rings is 1. The summed E-state index contributed by atoms with van der Waals surface area (Å²) in [5, 5.41) is 19.8. The Balaban J connectivity index is 1.72. The monoisotopic (exact) mass is 396 g/mol. The summed E-state index contributed by atoms with van der Waals surface area (Å²) in [6, 6.07) is 7.96. The smallest absolute Gasteiger partial charge is 0.338 e. The highest BCUT2D eigenvalue weighted by atomic mass is 19.1. The first kappa shape index (κ1) is 19.0. The van der Waals surface area contributed by atoms with E-state index < -0.39 is 17.3 Å². The van der Waals surface area contributed by atoms with Gasteiger partial charge in [-0.3, -0.25) is 10.1 Å². The number of carbonyl (C=O) groups is 1. The Bertz CT molecular complexity index is 1010. The van der Waals surface area contributed by atoms with E-state index in [-0.39, 0.29) is 11.3 Å². The number of piperidine rings is 1. The highest BCUT2D eigenvalue weighted by molar-refractivity contribution is 5.89. The Morgan fingerprint density at radius 1 is 1.24 bits per heavy atom. The lowest BCUT2D eigenvalue weighted by molar-refractivity contribution is 0.0692. The average Bonchev–Trinajstić information content (AvgIpc) is 3.23. The molecule has 3 aromatic rings. The number of aromatic carboxylic acids is 1. The molecule has 8 nitrogen and oxygen atoms in total. The Kier molecular flexibility index (Phi) is 4.98. The van der Waals surface area contributed by atoms with E-state index in [1.165, 1.54) is 12.1 Å². The summed E-state index contributed by atoms with van der Waals surface area (Å²) >= 11 is 0. The molecule has 0 unspecified atom stereocenters. The minimum Gasteiger partial charge on any atom is -0.478 e. The average molecular weight is 396 g/mol. The van der Waals surface area contributed by atoms with Crippen LogP contribution in [0.1, 0.15) is 29.0 Å². The normalized spacial score (nSPS) is 16.5. The molecule has 29 heavy (non-hydrogen) atoms. The second-order valence-corrected chi connectivity index (χ2v) is 7.23. The van der Waals surface area contributed by atoms with Gasteiger partial charge in [0.2, 0.25) is 0 Å². The van der Waals surface area contributed by atoms with Crippen LogP contribution in [-0.4, -0.2) is 56.3 Å². The minimum absolute atomic E-state index is 0.135. The summed E-state index contributed by atoms with van der Waals surface area (Å²) < 4.78 is 14.8. The van der Waals surface area contributed by atoms with Crippen LogP contribution in [0.3, 0.4) is 0 Å². The van der Waals surface area contributed by atoms with Crippen molar-refractivity contribution in [2.24, 2.45) is 0 Å². The van der Waals surface area contributed by atoms with Crippen LogP contribution in [0.5, 0.6) is 0 Å². The number of nitrogens with one attached hydrogen (secondary N) is 2. The number of carboxylic acid groups (broad SMARTS) is 1. The number of hydrogen-bond acceptors (Lipinski definition) is 6. The number of halogens is 1. The van der Waals surface area contributed by atoms with Crippen molar-refractivity contribution >= 4 is 11.7 Å². The third-order valence-electron chi connectivity index (χ3n) is 5.32. The van der Waals surface area contributed by atoms with Gasteiger partial charge in [0.15, 0.2) is 17.5 Å². The molecule has 9 heteroatoms. The Labute approximate surface area is 166 Å². The van der Waals surface area contributed by atoms with E-state index in [2.05, 4.69) is 30.4 Å². The highest BCUT2D eigenvalue weighted by Crippen LogP contribution is 2.36. The van der Waals surface area contributed by atoms with E-state index in [9.17, 15) is 14.3 Å². The third kappa shape index (κ3) is 3.68. The largest absolute Gasteiger partial charge is 0.478 e. The molecule has 4 rings (SSSR count). The van der Waals surface area contributed by atoms with E-state index in [0.717, 1.165) is 18.7 Å². The molecule has 2 aromatic heterocycles. The van der Waals surface area contributed by atoms with E-state index in [0.29, 0.717) is 24.5 Å². The molecule has 0 radical (unpaired) electrons. The Hall–Kier alpha value is -3.33. The number of H-pyrrole nitrogens is 1. The molecule has 0 spiro atoms. The van der Waals surface area contributed by atoms with Crippen molar-refractivity contribution in [2.75, 3.05) is 25.5 Å². The van der Waals surface area contributed by atoms with Gasteiger partial charge in [0.25, 0.3) is 0 Å². The molecule has 150 valence electrons. The van der Waals surface area contributed by atoms with Crippen LogP contribution >= 0.6 is 0 Å². The molecular weight excluding hydrogens is 375 g/mol. The molecular formula is C20H21FN6O2. The molecule has 0 amide bonds. The van der Waals surface area contributed by atoms with Gasteiger partial charge in [-0.25, -0.2) is 14.2 Å². The van der Waals surface area contributed by atoms with Crippen molar-refractivity contribution < 1.29 is 14.3 Å². The van der Waals surface area contributed by atoms with Crippen molar-refractivity contribution in [3.63, 3.8) is 0 Å². The fraction of sp³-hybridized carbons (Fsp3) is 0.300. The van der Waals surface area contributed by atoms with Crippen LogP contribution in [0.15, 0.2) is 42.7 Å². The molecule has 0 aliphatic carbocycles. The lowest BCUT2D eigenvalue weighted by Gasteiger charge is -2.40. The second kappa shape index (κ2) is 7.59. The van der Waals surface area contributed by atoms with Crippen LogP contribution in [0.2, 0.25) is 0 Å². The summed E-state index contributed by atoms with van der Waals surface area (Å²) in [6.07, 6.45) is 4.65. The number of hydrogen-bond donors (Lipinski definition) is 3. The van der Waals surface area contributed by atoms with Crippen LogP contribution in [0.25, 0.3) is 11.4 Å². The van der Waals surface area contributed by atoms with Gasteiger partial charge in [-0.2, -0.15) is 5.10 Å². The zero-order valence-electron chi connectivity index (χ0n) is 15.9.